The van der Waals surface area contributed by atoms with Crippen molar-refractivity contribution in [2.45, 2.75) is 25.3 Å². The summed E-state index contributed by atoms with van der Waals surface area (Å²) in [7, 11) is 2.23. The predicted molar refractivity (Wildman–Crippen MR) is 90.0 cm³/mol. The minimum absolute atomic E-state index is 0.343. The van der Waals surface area contributed by atoms with E-state index in [2.05, 4.69) is 27.8 Å². The molecule has 2 heterocycles. The molecule has 0 aromatic heterocycles. The zero-order valence-electron chi connectivity index (χ0n) is 13.8. The number of nitrogens with zero attached hydrogens (tertiary/aromatic N) is 4. The van der Waals surface area contributed by atoms with Gasteiger partial charge in [0.2, 0.25) is 0 Å². The Balaban J connectivity index is 1.57. The number of rotatable bonds is 3. The van der Waals surface area contributed by atoms with E-state index in [0.717, 1.165) is 38.4 Å². The molecule has 0 saturated carbocycles. The van der Waals surface area contributed by atoms with Crippen LogP contribution in [0.3, 0.4) is 0 Å². The Morgan fingerprint density at radius 1 is 1.17 bits per heavy atom. The fourth-order valence-corrected chi connectivity index (χ4v) is 3.72. The van der Waals surface area contributed by atoms with E-state index in [1.807, 2.05) is 0 Å². The standard InChI is InChI=1S/C18H25FN4/c1-21-7-3-2-4-17(21)14-22-8-10-23(11-9-22)18-6-5-16(19)12-15(18)13-20/h5-6,12,17H,2-4,7-11,14H2,1H3. The summed E-state index contributed by atoms with van der Waals surface area (Å²) in [6.45, 7) is 6.16. The fraction of sp³-hybridized carbons (Fsp3) is 0.611. The highest BCUT2D eigenvalue weighted by Gasteiger charge is 2.25. The van der Waals surface area contributed by atoms with E-state index in [9.17, 15) is 9.65 Å². The van der Waals surface area contributed by atoms with Gasteiger partial charge in [-0.15, -0.1) is 0 Å². The van der Waals surface area contributed by atoms with Crippen LogP contribution in [0.5, 0.6) is 0 Å². The summed E-state index contributed by atoms with van der Waals surface area (Å²) < 4.78 is 13.3. The number of piperazine rings is 1. The first kappa shape index (κ1) is 16.2. The third-order valence-electron chi connectivity index (χ3n) is 5.18. The quantitative estimate of drug-likeness (QED) is 0.857. The van der Waals surface area contributed by atoms with Crippen molar-refractivity contribution in [2.75, 3.05) is 51.2 Å². The maximum absolute atomic E-state index is 13.3. The Morgan fingerprint density at radius 2 is 1.96 bits per heavy atom. The molecule has 5 heteroatoms. The molecule has 2 fully saturated rings. The lowest BCUT2D eigenvalue weighted by atomic mass is 10.0. The van der Waals surface area contributed by atoms with Crippen LogP contribution in [0.25, 0.3) is 0 Å². The number of halogens is 1. The van der Waals surface area contributed by atoms with E-state index < -0.39 is 0 Å². The van der Waals surface area contributed by atoms with E-state index in [1.165, 1.54) is 37.9 Å². The van der Waals surface area contributed by atoms with Gasteiger partial charge in [-0.2, -0.15) is 5.26 Å². The number of anilines is 1. The van der Waals surface area contributed by atoms with Gasteiger partial charge < -0.3 is 9.80 Å². The highest BCUT2D eigenvalue weighted by Crippen LogP contribution is 2.23. The Hall–Kier alpha value is -1.64. The molecule has 3 rings (SSSR count). The van der Waals surface area contributed by atoms with E-state index in [4.69, 9.17) is 0 Å². The molecule has 2 aliphatic heterocycles. The monoisotopic (exact) mass is 316 g/mol. The van der Waals surface area contributed by atoms with Crippen molar-refractivity contribution in [1.29, 1.82) is 5.26 Å². The van der Waals surface area contributed by atoms with Gasteiger partial charge in [-0.1, -0.05) is 6.42 Å². The van der Waals surface area contributed by atoms with Gasteiger partial charge in [-0.25, -0.2) is 4.39 Å². The molecule has 4 nitrogen and oxygen atoms in total. The summed E-state index contributed by atoms with van der Waals surface area (Å²) in [4.78, 5) is 7.22. The Morgan fingerprint density at radius 3 is 2.65 bits per heavy atom. The average molecular weight is 316 g/mol. The lowest BCUT2D eigenvalue weighted by Crippen LogP contribution is -2.52. The molecular weight excluding hydrogens is 291 g/mol. The van der Waals surface area contributed by atoms with Crippen molar-refractivity contribution in [3.8, 4) is 6.07 Å². The number of likely N-dealkylation sites (N-methyl/N-ethyl adjacent to an activating group) is 1. The normalized spacial score (nSPS) is 23.7. The zero-order valence-corrected chi connectivity index (χ0v) is 13.8. The lowest BCUT2D eigenvalue weighted by Gasteiger charge is -2.41. The lowest BCUT2D eigenvalue weighted by molar-refractivity contribution is 0.125. The molecule has 1 unspecified atom stereocenters. The van der Waals surface area contributed by atoms with Crippen LogP contribution in [-0.2, 0) is 0 Å². The van der Waals surface area contributed by atoms with E-state index in [-0.39, 0.29) is 5.82 Å². The molecule has 0 amide bonds. The van der Waals surface area contributed by atoms with Crippen molar-refractivity contribution in [3.05, 3.63) is 29.6 Å². The van der Waals surface area contributed by atoms with Gasteiger partial charge >= 0.3 is 0 Å². The Kier molecular flexibility index (Phi) is 5.14. The molecule has 23 heavy (non-hydrogen) atoms. The molecule has 0 spiro atoms. The van der Waals surface area contributed by atoms with Gasteiger partial charge in [-0.3, -0.25) is 4.90 Å². The smallest absolute Gasteiger partial charge is 0.124 e. The summed E-state index contributed by atoms with van der Waals surface area (Å²) in [6, 6.07) is 7.30. The summed E-state index contributed by atoms with van der Waals surface area (Å²) in [5, 5.41) is 9.21. The van der Waals surface area contributed by atoms with Crippen molar-refractivity contribution in [3.63, 3.8) is 0 Å². The molecule has 1 aromatic carbocycles. The molecule has 0 aliphatic carbocycles. The first-order chi connectivity index (χ1) is 11.2. The third kappa shape index (κ3) is 3.82. The van der Waals surface area contributed by atoms with Crippen molar-refractivity contribution in [2.24, 2.45) is 0 Å². The molecular formula is C18H25FN4. The van der Waals surface area contributed by atoms with Gasteiger partial charge in [-0.05, 0) is 44.6 Å². The summed E-state index contributed by atoms with van der Waals surface area (Å²) in [5.74, 6) is -0.343. The Bertz CT molecular complexity index is 575. The average Bonchev–Trinajstić information content (AvgIpc) is 2.58. The molecule has 0 radical (unpaired) electrons. The number of benzene rings is 1. The van der Waals surface area contributed by atoms with Crippen molar-refractivity contribution >= 4 is 5.69 Å². The Labute approximate surface area is 138 Å². The summed E-state index contributed by atoms with van der Waals surface area (Å²) >= 11 is 0. The maximum Gasteiger partial charge on any atom is 0.124 e. The van der Waals surface area contributed by atoms with Crippen LogP contribution in [-0.4, -0.2) is 62.2 Å². The number of hydrogen-bond acceptors (Lipinski definition) is 4. The summed E-state index contributed by atoms with van der Waals surface area (Å²) in [5.41, 5.74) is 1.30. The summed E-state index contributed by atoms with van der Waals surface area (Å²) in [6.07, 6.45) is 3.96. The maximum atomic E-state index is 13.3. The number of nitriles is 1. The van der Waals surface area contributed by atoms with Gasteiger partial charge in [0.1, 0.15) is 11.9 Å². The second-order valence-corrected chi connectivity index (χ2v) is 6.69. The van der Waals surface area contributed by atoms with Crippen LogP contribution in [0.2, 0.25) is 0 Å². The minimum atomic E-state index is -0.343. The first-order valence-electron chi connectivity index (χ1n) is 8.54. The van der Waals surface area contributed by atoms with E-state index >= 15 is 0 Å². The minimum Gasteiger partial charge on any atom is -0.368 e. The molecule has 0 bridgehead atoms. The third-order valence-corrected chi connectivity index (χ3v) is 5.18. The largest absolute Gasteiger partial charge is 0.368 e. The van der Waals surface area contributed by atoms with Crippen molar-refractivity contribution < 1.29 is 4.39 Å². The van der Waals surface area contributed by atoms with Crippen LogP contribution >= 0.6 is 0 Å². The number of piperidine rings is 1. The van der Waals surface area contributed by atoms with E-state index in [1.54, 1.807) is 6.07 Å². The molecule has 2 saturated heterocycles. The first-order valence-corrected chi connectivity index (χ1v) is 8.54. The van der Waals surface area contributed by atoms with Gasteiger partial charge in [0.15, 0.2) is 0 Å². The van der Waals surface area contributed by atoms with Gasteiger partial charge in [0.05, 0.1) is 11.3 Å². The second kappa shape index (κ2) is 7.29. The molecule has 1 atom stereocenters. The molecule has 124 valence electrons. The fourth-order valence-electron chi connectivity index (χ4n) is 3.72. The zero-order chi connectivity index (χ0) is 16.2. The second-order valence-electron chi connectivity index (χ2n) is 6.69. The topological polar surface area (TPSA) is 33.5 Å². The highest BCUT2D eigenvalue weighted by atomic mass is 19.1. The van der Waals surface area contributed by atoms with Crippen LogP contribution in [0.1, 0.15) is 24.8 Å². The molecule has 1 aromatic rings. The highest BCUT2D eigenvalue weighted by molar-refractivity contribution is 5.59. The van der Waals surface area contributed by atoms with Gasteiger partial charge in [0.25, 0.3) is 0 Å². The SMILES string of the molecule is CN1CCCCC1CN1CCN(c2ccc(F)cc2C#N)CC1. The predicted octanol–water partition coefficient (Wildman–Crippen LogP) is 2.30. The van der Waals surface area contributed by atoms with Crippen LogP contribution in [0.4, 0.5) is 10.1 Å². The van der Waals surface area contributed by atoms with Crippen LogP contribution in [0, 0.1) is 17.1 Å². The number of hydrogen-bond donors (Lipinski definition) is 0. The number of likely N-dealkylation sites (tertiary alicyclic amines) is 1. The van der Waals surface area contributed by atoms with Crippen LogP contribution in [0.15, 0.2) is 18.2 Å². The van der Waals surface area contributed by atoms with E-state index in [0.29, 0.717) is 11.6 Å². The molecule has 2 aliphatic rings. The molecule has 0 N–H and O–H groups in total. The van der Waals surface area contributed by atoms with Gasteiger partial charge in [0, 0.05) is 38.8 Å². The van der Waals surface area contributed by atoms with Crippen molar-refractivity contribution in [1.82, 2.24) is 9.80 Å². The van der Waals surface area contributed by atoms with Crippen LogP contribution < -0.4 is 4.90 Å².